The zero-order valence-corrected chi connectivity index (χ0v) is 15.2. The van der Waals surface area contributed by atoms with E-state index in [4.69, 9.17) is 0 Å². The van der Waals surface area contributed by atoms with Crippen LogP contribution in [0.2, 0.25) is 0 Å². The molecule has 2 aliphatic rings. The second kappa shape index (κ2) is 7.52. The van der Waals surface area contributed by atoms with Crippen molar-refractivity contribution >= 4 is 22.7 Å². The standard InChI is InChI=1S/C21H27N3O2/c25-20(10-9-17-15-22-19-8-4-3-7-18(17)19)23-11-13-24(14-12-23)21(26)16-5-1-2-6-16/h3-4,7-8,15-16,22H,1-2,5-6,9-14H2. The largest absolute Gasteiger partial charge is 0.361 e. The molecule has 2 heterocycles. The minimum absolute atomic E-state index is 0.197. The lowest BCUT2D eigenvalue weighted by atomic mass is 10.1. The Morgan fingerprint density at radius 3 is 2.46 bits per heavy atom. The molecule has 0 unspecified atom stereocenters. The molecular weight excluding hydrogens is 326 g/mol. The van der Waals surface area contributed by atoms with Gasteiger partial charge in [0.05, 0.1) is 0 Å². The molecule has 5 heteroatoms. The van der Waals surface area contributed by atoms with E-state index < -0.39 is 0 Å². The number of fused-ring (bicyclic) bond motifs is 1. The summed E-state index contributed by atoms with van der Waals surface area (Å²) in [6.07, 6.45) is 7.75. The third-order valence-corrected chi connectivity index (χ3v) is 5.93. The smallest absolute Gasteiger partial charge is 0.225 e. The maximum absolute atomic E-state index is 12.6. The Bertz CT molecular complexity index is 783. The Labute approximate surface area is 154 Å². The van der Waals surface area contributed by atoms with Gasteiger partial charge in [0.2, 0.25) is 11.8 Å². The van der Waals surface area contributed by atoms with Crippen LogP contribution in [-0.4, -0.2) is 52.8 Å². The van der Waals surface area contributed by atoms with Gasteiger partial charge in [0, 0.05) is 55.6 Å². The van der Waals surface area contributed by atoms with Gasteiger partial charge < -0.3 is 14.8 Å². The van der Waals surface area contributed by atoms with Gasteiger partial charge in [0.1, 0.15) is 0 Å². The highest BCUT2D eigenvalue weighted by Crippen LogP contribution is 2.27. The van der Waals surface area contributed by atoms with Crippen molar-refractivity contribution in [2.75, 3.05) is 26.2 Å². The highest BCUT2D eigenvalue weighted by molar-refractivity contribution is 5.84. The second-order valence-corrected chi connectivity index (χ2v) is 7.55. The van der Waals surface area contributed by atoms with E-state index in [9.17, 15) is 9.59 Å². The number of nitrogens with zero attached hydrogens (tertiary/aromatic N) is 2. The Hall–Kier alpha value is -2.30. The molecule has 1 N–H and O–H groups in total. The molecule has 1 aliphatic heterocycles. The van der Waals surface area contributed by atoms with Gasteiger partial charge in [0.25, 0.3) is 0 Å². The average molecular weight is 353 g/mol. The molecule has 1 aliphatic carbocycles. The number of para-hydroxylation sites is 1. The third-order valence-electron chi connectivity index (χ3n) is 5.93. The van der Waals surface area contributed by atoms with E-state index in [1.807, 2.05) is 28.1 Å². The number of aryl methyl sites for hydroxylation is 1. The quantitative estimate of drug-likeness (QED) is 0.919. The van der Waals surface area contributed by atoms with Gasteiger partial charge in [0.15, 0.2) is 0 Å². The van der Waals surface area contributed by atoms with Crippen molar-refractivity contribution in [2.24, 2.45) is 5.92 Å². The van der Waals surface area contributed by atoms with Gasteiger partial charge in [-0.25, -0.2) is 0 Å². The van der Waals surface area contributed by atoms with Crippen LogP contribution in [0, 0.1) is 5.92 Å². The molecule has 2 aromatic rings. The van der Waals surface area contributed by atoms with Gasteiger partial charge in [-0.15, -0.1) is 0 Å². The number of piperazine rings is 1. The fourth-order valence-electron chi connectivity index (χ4n) is 4.35. The minimum atomic E-state index is 0.197. The maximum Gasteiger partial charge on any atom is 0.225 e. The van der Waals surface area contributed by atoms with E-state index in [0.29, 0.717) is 38.5 Å². The van der Waals surface area contributed by atoms with E-state index in [-0.39, 0.29) is 11.8 Å². The van der Waals surface area contributed by atoms with Crippen molar-refractivity contribution < 1.29 is 9.59 Å². The number of benzene rings is 1. The Morgan fingerprint density at radius 2 is 1.69 bits per heavy atom. The first-order chi connectivity index (χ1) is 12.7. The molecule has 5 nitrogen and oxygen atoms in total. The molecule has 1 aromatic heterocycles. The number of amides is 2. The first-order valence-corrected chi connectivity index (χ1v) is 9.84. The fourth-order valence-corrected chi connectivity index (χ4v) is 4.35. The lowest BCUT2D eigenvalue weighted by Gasteiger charge is -2.36. The van der Waals surface area contributed by atoms with Crippen LogP contribution in [0.1, 0.15) is 37.7 Å². The summed E-state index contributed by atoms with van der Waals surface area (Å²) >= 11 is 0. The molecule has 0 atom stereocenters. The van der Waals surface area contributed by atoms with Gasteiger partial charge in [-0.05, 0) is 30.9 Å². The van der Waals surface area contributed by atoms with Gasteiger partial charge >= 0.3 is 0 Å². The number of aromatic nitrogens is 1. The fraction of sp³-hybridized carbons (Fsp3) is 0.524. The van der Waals surface area contributed by atoms with Crippen LogP contribution in [0.25, 0.3) is 10.9 Å². The molecule has 4 rings (SSSR count). The van der Waals surface area contributed by atoms with E-state index in [0.717, 1.165) is 24.8 Å². The van der Waals surface area contributed by atoms with Crippen molar-refractivity contribution in [3.05, 3.63) is 36.0 Å². The topological polar surface area (TPSA) is 56.4 Å². The van der Waals surface area contributed by atoms with Crippen molar-refractivity contribution in [2.45, 2.75) is 38.5 Å². The summed E-state index contributed by atoms with van der Waals surface area (Å²) in [6.45, 7) is 2.72. The molecule has 1 saturated carbocycles. The first-order valence-electron chi connectivity index (χ1n) is 9.84. The maximum atomic E-state index is 12.6. The van der Waals surface area contributed by atoms with Crippen LogP contribution >= 0.6 is 0 Å². The van der Waals surface area contributed by atoms with Gasteiger partial charge in [-0.2, -0.15) is 0 Å². The SMILES string of the molecule is O=C(CCc1c[nH]c2ccccc12)N1CCN(C(=O)C2CCCC2)CC1. The zero-order valence-electron chi connectivity index (χ0n) is 15.2. The average Bonchev–Trinajstić information content (AvgIpc) is 3.36. The summed E-state index contributed by atoms with van der Waals surface area (Å²) in [7, 11) is 0. The number of nitrogens with one attached hydrogen (secondary N) is 1. The van der Waals surface area contributed by atoms with E-state index in [2.05, 4.69) is 17.1 Å². The first kappa shape index (κ1) is 17.1. The van der Waals surface area contributed by atoms with Crippen molar-refractivity contribution in [1.82, 2.24) is 14.8 Å². The number of aromatic amines is 1. The second-order valence-electron chi connectivity index (χ2n) is 7.55. The number of rotatable bonds is 4. The Balaban J connectivity index is 1.27. The van der Waals surface area contributed by atoms with Crippen LogP contribution in [0.4, 0.5) is 0 Å². The van der Waals surface area contributed by atoms with Crippen LogP contribution in [0.3, 0.4) is 0 Å². The number of H-pyrrole nitrogens is 1. The molecular formula is C21H27N3O2. The monoisotopic (exact) mass is 353 g/mol. The van der Waals surface area contributed by atoms with Crippen molar-refractivity contribution in [3.63, 3.8) is 0 Å². The molecule has 2 amide bonds. The number of hydrogen-bond donors (Lipinski definition) is 1. The molecule has 0 spiro atoms. The summed E-state index contributed by atoms with van der Waals surface area (Å²) in [6, 6.07) is 8.20. The summed E-state index contributed by atoms with van der Waals surface area (Å²) in [5, 5.41) is 1.20. The molecule has 26 heavy (non-hydrogen) atoms. The van der Waals surface area contributed by atoms with Crippen LogP contribution in [-0.2, 0) is 16.0 Å². The highest BCUT2D eigenvalue weighted by Gasteiger charge is 2.30. The van der Waals surface area contributed by atoms with E-state index in [1.54, 1.807) is 0 Å². The Kier molecular flexibility index (Phi) is 4.96. The van der Waals surface area contributed by atoms with Crippen LogP contribution in [0.15, 0.2) is 30.5 Å². The predicted molar refractivity (Wildman–Crippen MR) is 102 cm³/mol. The molecule has 0 radical (unpaired) electrons. The zero-order chi connectivity index (χ0) is 17.9. The van der Waals surface area contributed by atoms with Crippen LogP contribution < -0.4 is 0 Å². The normalized spacial score (nSPS) is 18.6. The van der Waals surface area contributed by atoms with Crippen molar-refractivity contribution in [3.8, 4) is 0 Å². The molecule has 0 bridgehead atoms. The lowest BCUT2D eigenvalue weighted by molar-refractivity contribution is -0.142. The summed E-state index contributed by atoms with van der Waals surface area (Å²) in [5.74, 6) is 0.746. The van der Waals surface area contributed by atoms with Gasteiger partial charge in [-0.3, -0.25) is 9.59 Å². The predicted octanol–water partition coefficient (Wildman–Crippen LogP) is 2.96. The lowest BCUT2D eigenvalue weighted by Crippen LogP contribution is -2.51. The van der Waals surface area contributed by atoms with Crippen LogP contribution in [0.5, 0.6) is 0 Å². The molecule has 1 aromatic carbocycles. The van der Waals surface area contributed by atoms with E-state index in [1.165, 1.54) is 23.8 Å². The summed E-state index contributed by atoms with van der Waals surface area (Å²) in [5.41, 5.74) is 2.32. The Morgan fingerprint density at radius 1 is 1.00 bits per heavy atom. The highest BCUT2D eigenvalue weighted by atomic mass is 16.2. The molecule has 2 fully saturated rings. The number of carbonyl (C=O) groups excluding carboxylic acids is 2. The summed E-state index contributed by atoms with van der Waals surface area (Å²) < 4.78 is 0. The van der Waals surface area contributed by atoms with E-state index >= 15 is 0 Å². The summed E-state index contributed by atoms with van der Waals surface area (Å²) in [4.78, 5) is 32.2. The molecule has 138 valence electrons. The third kappa shape index (κ3) is 3.48. The van der Waals surface area contributed by atoms with Crippen molar-refractivity contribution in [1.29, 1.82) is 0 Å². The number of hydrogen-bond acceptors (Lipinski definition) is 2. The molecule has 1 saturated heterocycles. The van der Waals surface area contributed by atoms with Gasteiger partial charge in [-0.1, -0.05) is 31.0 Å². The number of carbonyl (C=O) groups is 2. The minimum Gasteiger partial charge on any atom is -0.361 e.